The Balaban J connectivity index is 1.02. The van der Waals surface area contributed by atoms with Gasteiger partial charge in [-0.2, -0.15) is 0 Å². The van der Waals surface area contributed by atoms with Gasteiger partial charge in [0.2, 0.25) is 29.4 Å². The van der Waals surface area contributed by atoms with Crippen LogP contribution >= 0.6 is 0 Å². The summed E-state index contributed by atoms with van der Waals surface area (Å²) in [7, 11) is 7.99. The first-order chi connectivity index (χ1) is 30.9. The van der Waals surface area contributed by atoms with Crippen LogP contribution in [0.4, 0.5) is 23.0 Å². The monoisotopic (exact) mass is 900 g/mol. The minimum absolute atomic E-state index is 0.0244. The van der Waals surface area contributed by atoms with Gasteiger partial charge < -0.3 is 70.5 Å². The first-order valence-electron chi connectivity index (χ1n) is 19.8. The third-order valence-corrected chi connectivity index (χ3v) is 9.28. The maximum atomic E-state index is 13.1. The molecule has 0 bridgehead atoms. The molecule has 5 aromatic rings. The van der Waals surface area contributed by atoms with Crippen molar-refractivity contribution in [3.8, 4) is 0 Å². The van der Waals surface area contributed by atoms with Crippen LogP contribution in [0.3, 0.4) is 0 Å². The zero-order valence-corrected chi connectivity index (χ0v) is 36.0. The lowest BCUT2D eigenvalue weighted by Crippen LogP contribution is -2.32. The van der Waals surface area contributed by atoms with Gasteiger partial charge in [-0.05, 0) is 12.1 Å². The molecule has 0 fully saturated rings. The van der Waals surface area contributed by atoms with Crippen molar-refractivity contribution in [1.82, 2.24) is 59.1 Å². The van der Waals surface area contributed by atoms with Gasteiger partial charge in [-0.15, -0.1) is 0 Å². The molecule has 26 nitrogen and oxygen atoms in total. The SMILES string of the molecule is Cn1cc(NC(=O)c2nc(NC(=O)CCNC(=O)c3cc(NC(=O)c4nccn4C)cn3C)cn2C)cc1C(=O)NCCC(=O)Nc1cn(C)c(C(=O)NCCC(=O)NCCC(=O)O)n1. The van der Waals surface area contributed by atoms with E-state index < -0.39 is 53.2 Å². The molecule has 5 rings (SSSR count). The number of nitrogens with zero attached hydrogens (tertiary/aromatic N) is 8. The Morgan fingerprint density at radius 1 is 0.477 bits per heavy atom. The van der Waals surface area contributed by atoms with Crippen LogP contribution < -0.4 is 42.5 Å². The van der Waals surface area contributed by atoms with E-state index >= 15 is 0 Å². The van der Waals surface area contributed by atoms with Crippen molar-refractivity contribution in [2.75, 3.05) is 47.4 Å². The van der Waals surface area contributed by atoms with Crippen molar-refractivity contribution < 1.29 is 48.3 Å². The number of imidazole rings is 3. The highest BCUT2D eigenvalue weighted by atomic mass is 16.4. The second kappa shape index (κ2) is 21.5. The normalized spacial score (nSPS) is 10.7. The van der Waals surface area contributed by atoms with Gasteiger partial charge in [-0.3, -0.25) is 43.2 Å². The van der Waals surface area contributed by atoms with Gasteiger partial charge in [0.05, 0.1) is 17.8 Å². The minimum atomic E-state index is -1.05. The minimum Gasteiger partial charge on any atom is -0.481 e. The Bertz CT molecular complexity index is 2630. The standard InChI is InChI=1S/C39H48N16O10/c1-51-15-14-41-32(51)38(64)45-22-16-24(52(2)18-22)35(61)42-12-8-30(58)48-27-21-55(5)34(50-27)39(65)46-23-17-25(53(3)19-23)36(62)43-11-7-29(57)47-26-20-54(4)33(49-26)37(63)44-10-6-28(56)40-13-9-31(59)60/h14-21H,6-13H2,1-5H3,(H,40,56)(H,42,61)(H,43,62)(H,44,63)(H,45,64)(H,46,65)(H,47,57)(H,48,58)(H,59,60). The van der Waals surface area contributed by atoms with Crippen LogP contribution in [0.1, 0.15) is 78.5 Å². The summed E-state index contributed by atoms with van der Waals surface area (Å²) in [6.07, 6.45) is 8.47. The maximum absolute atomic E-state index is 13.1. The number of aliphatic carboxylic acids is 1. The summed E-state index contributed by atoms with van der Waals surface area (Å²) in [5.74, 6) is -4.90. The van der Waals surface area contributed by atoms with Crippen molar-refractivity contribution in [3.63, 3.8) is 0 Å². The van der Waals surface area contributed by atoms with Crippen LogP contribution in [0, 0.1) is 0 Å². The molecular weight excluding hydrogens is 853 g/mol. The summed E-state index contributed by atoms with van der Waals surface area (Å²) in [6.45, 7) is -0.152. The molecule has 8 amide bonds. The number of carbonyl (C=O) groups is 9. The molecule has 0 saturated heterocycles. The molecule has 0 unspecified atom stereocenters. The molecule has 0 spiro atoms. The van der Waals surface area contributed by atoms with Crippen molar-refractivity contribution in [3.05, 3.63) is 78.2 Å². The fourth-order valence-corrected chi connectivity index (χ4v) is 6.09. The Kier molecular flexibility index (Phi) is 15.7. The van der Waals surface area contributed by atoms with E-state index in [1.807, 2.05) is 0 Å². The van der Waals surface area contributed by atoms with Crippen LogP contribution in [0.15, 0.2) is 49.3 Å². The van der Waals surface area contributed by atoms with Gasteiger partial charge in [0.1, 0.15) is 11.4 Å². The summed E-state index contributed by atoms with van der Waals surface area (Å²) in [4.78, 5) is 124. The molecule has 65 heavy (non-hydrogen) atoms. The fraction of sp³-hybridized carbons (Fsp3) is 0.333. The number of nitrogens with one attached hydrogen (secondary N) is 8. The van der Waals surface area contributed by atoms with Crippen LogP contribution in [-0.4, -0.2) is 122 Å². The van der Waals surface area contributed by atoms with Crippen LogP contribution in [-0.2, 0) is 54.4 Å². The van der Waals surface area contributed by atoms with E-state index in [1.165, 1.54) is 62.2 Å². The lowest BCUT2D eigenvalue weighted by atomic mass is 10.3. The Morgan fingerprint density at radius 3 is 1.37 bits per heavy atom. The molecule has 0 aliphatic carbocycles. The average molecular weight is 901 g/mol. The molecule has 0 aliphatic heterocycles. The molecule has 0 saturated carbocycles. The molecule has 5 aromatic heterocycles. The fourth-order valence-electron chi connectivity index (χ4n) is 6.09. The number of hydrogen-bond acceptors (Lipinski definition) is 12. The number of carbonyl (C=O) groups excluding carboxylic acids is 8. The number of anilines is 4. The topological polar surface area (TPSA) is 333 Å². The number of carboxylic acids is 1. The van der Waals surface area contributed by atoms with E-state index in [-0.39, 0.29) is 98.0 Å². The summed E-state index contributed by atoms with van der Waals surface area (Å²) in [6, 6.07) is 2.92. The smallest absolute Gasteiger partial charge is 0.305 e. The first kappa shape index (κ1) is 47.5. The lowest BCUT2D eigenvalue weighted by molar-refractivity contribution is -0.137. The summed E-state index contributed by atoms with van der Waals surface area (Å²) >= 11 is 0. The van der Waals surface area contributed by atoms with Gasteiger partial charge in [-0.1, -0.05) is 0 Å². The summed E-state index contributed by atoms with van der Waals surface area (Å²) < 4.78 is 7.33. The van der Waals surface area contributed by atoms with E-state index in [1.54, 1.807) is 45.2 Å². The van der Waals surface area contributed by atoms with Crippen molar-refractivity contribution in [1.29, 1.82) is 0 Å². The molecule has 5 heterocycles. The van der Waals surface area contributed by atoms with Gasteiger partial charge in [0.25, 0.3) is 29.5 Å². The zero-order valence-electron chi connectivity index (χ0n) is 36.0. The Hall–Kier alpha value is -8.58. The Labute approximate surface area is 369 Å². The number of aromatic nitrogens is 8. The molecule has 26 heteroatoms. The van der Waals surface area contributed by atoms with Crippen LogP contribution in [0.25, 0.3) is 0 Å². The largest absolute Gasteiger partial charge is 0.481 e. The van der Waals surface area contributed by atoms with Gasteiger partial charge in [-0.25, -0.2) is 15.0 Å². The number of carboxylic acid groups (broad SMARTS) is 1. The highest BCUT2D eigenvalue weighted by molar-refractivity contribution is 6.04. The van der Waals surface area contributed by atoms with Crippen molar-refractivity contribution >= 4 is 76.2 Å². The van der Waals surface area contributed by atoms with E-state index in [9.17, 15) is 43.2 Å². The molecule has 0 aliphatic rings. The molecule has 0 atom stereocenters. The lowest BCUT2D eigenvalue weighted by Gasteiger charge is -2.06. The van der Waals surface area contributed by atoms with Crippen molar-refractivity contribution in [2.24, 2.45) is 35.2 Å². The van der Waals surface area contributed by atoms with Crippen LogP contribution in [0.2, 0.25) is 0 Å². The highest BCUT2D eigenvalue weighted by Gasteiger charge is 2.21. The predicted octanol–water partition coefficient (Wildman–Crippen LogP) is -0.703. The van der Waals surface area contributed by atoms with E-state index in [0.29, 0.717) is 5.69 Å². The number of hydrogen-bond donors (Lipinski definition) is 9. The summed E-state index contributed by atoms with van der Waals surface area (Å²) in [5, 5.41) is 29.4. The second-order valence-electron chi connectivity index (χ2n) is 14.4. The first-order valence-corrected chi connectivity index (χ1v) is 19.8. The zero-order chi connectivity index (χ0) is 47.4. The van der Waals surface area contributed by atoms with Crippen molar-refractivity contribution in [2.45, 2.75) is 25.7 Å². The van der Waals surface area contributed by atoms with E-state index in [4.69, 9.17) is 5.11 Å². The van der Waals surface area contributed by atoms with E-state index in [2.05, 4.69) is 57.5 Å². The third kappa shape index (κ3) is 13.2. The molecule has 0 aromatic carbocycles. The highest BCUT2D eigenvalue weighted by Crippen LogP contribution is 2.17. The van der Waals surface area contributed by atoms with Crippen LogP contribution in [0.5, 0.6) is 0 Å². The summed E-state index contributed by atoms with van der Waals surface area (Å²) in [5.41, 5.74) is 1.06. The third-order valence-electron chi connectivity index (χ3n) is 9.28. The number of aryl methyl sites for hydroxylation is 5. The van der Waals surface area contributed by atoms with Gasteiger partial charge in [0, 0.05) is 118 Å². The van der Waals surface area contributed by atoms with Gasteiger partial charge in [0.15, 0.2) is 17.5 Å². The maximum Gasteiger partial charge on any atom is 0.305 e. The van der Waals surface area contributed by atoms with Gasteiger partial charge >= 0.3 is 5.97 Å². The number of rotatable bonds is 21. The number of amides is 8. The molecular formula is C39H48N16O10. The quantitative estimate of drug-likeness (QED) is 0.0441. The Morgan fingerprint density at radius 2 is 0.908 bits per heavy atom. The predicted molar refractivity (Wildman–Crippen MR) is 230 cm³/mol. The average Bonchev–Trinajstić information content (AvgIpc) is 4.07. The molecule has 9 N–H and O–H groups in total. The van der Waals surface area contributed by atoms with E-state index in [0.717, 1.165) is 0 Å². The molecule has 0 radical (unpaired) electrons. The molecule has 344 valence electrons. The second-order valence-corrected chi connectivity index (χ2v) is 14.4.